The number of carboxylic acid groups (broad SMARTS) is 1. The molecule has 0 bridgehead atoms. The largest absolute Gasteiger partial charge is 0.469 e. The van der Waals surface area contributed by atoms with Crippen LogP contribution in [-0.2, 0) is 16.0 Å². The van der Waals surface area contributed by atoms with Crippen LogP contribution in [0.25, 0.3) is 0 Å². The van der Waals surface area contributed by atoms with Gasteiger partial charge in [-0.05, 0) is 17.7 Å². The number of carbonyl (C=O) groups excluding carboxylic acids is 1. The van der Waals surface area contributed by atoms with Crippen molar-refractivity contribution in [2.45, 2.75) is 6.42 Å². The predicted molar refractivity (Wildman–Crippen MR) is 53.8 cm³/mol. The van der Waals surface area contributed by atoms with Crippen LogP contribution in [0.5, 0.6) is 0 Å². The van der Waals surface area contributed by atoms with Crippen LogP contribution in [0.3, 0.4) is 0 Å². The van der Waals surface area contributed by atoms with Crippen molar-refractivity contribution in [3.8, 4) is 0 Å². The second-order valence-electron chi connectivity index (χ2n) is 2.88. The van der Waals surface area contributed by atoms with Gasteiger partial charge in [0.2, 0.25) is 0 Å². The van der Waals surface area contributed by atoms with Crippen molar-refractivity contribution in [1.29, 1.82) is 0 Å². The minimum Gasteiger partial charge on any atom is -0.469 e. The van der Waals surface area contributed by atoms with Crippen molar-refractivity contribution in [2.24, 2.45) is 0 Å². The van der Waals surface area contributed by atoms with Crippen LogP contribution >= 0.6 is 0 Å². The van der Waals surface area contributed by atoms with E-state index < -0.39 is 6.09 Å². The number of anilines is 1. The topological polar surface area (TPSA) is 75.6 Å². The van der Waals surface area contributed by atoms with Crippen LogP contribution in [-0.4, -0.2) is 24.3 Å². The van der Waals surface area contributed by atoms with Crippen molar-refractivity contribution in [3.05, 3.63) is 29.8 Å². The molecule has 0 saturated carbocycles. The van der Waals surface area contributed by atoms with Gasteiger partial charge in [-0.1, -0.05) is 12.1 Å². The van der Waals surface area contributed by atoms with Gasteiger partial charge in [0.25, 0.3) is 0 Å². The smallest absolute Gasteiger partial charge is 0.409 e. The first-order valence-electron chi connectivity index (χ1n) is 4.27. The van der Waals surface area contributed by atoms with Gasteiger partial charge < -0.3 is 9.84 Å². The molecule has 1 rings (SSSR count). The van der Waals surface area contributed by atoms with E-state index in [0.717, 1.165) is 0 Å². The number of carbonyl (C=O) groups is 2. The predicted octanol–water partition coefficient (Wildman–Crippen LogP) is 1.49. The van der Waals surface area contributed by atoms with E-state index in [1.54, 1.807) is 24.3 Å². The first-order valence-corrected chi connectivity index (χ1v) is 4.27. The summed E-state index contributed by atoms with van der Waals surface area (Å²) in [5.41, 5.74) is 1.14. The zero-order valence-corrected chi connectivity index (χ0v) is 8.19. The summed E-state index contributed by atoms with van der Waals surface area (Å²) in [5.74, 6) is -0.359. The van der Waals surface area contributed by atoms with Gasteiger partial charge in [0, 0.05) is 5.69 Å². The van der Waals surface area contributed by atoms with Gasteiger partial charge >= 0.3 is 12.1 Å². The van der Waals surface area contributed by atoms with Gasteiger partial charge in [-0.15, -0.1) is 0 Å². The van der Waals surface area contributed by atoms with E-state index in [-0.39, 0.29) is 12.4 Å². The molecule has 5 heteroatoms. The molecule has 0 atom stereocenters. The monoisotopic (exact) mass is 209 g/mol. The number of hydrogen-bond donors (Lipinski definition) is 2. The molecule has 2 N–H and O–H groups in total. The molecule has 1 aromatic carbocycles. The summed E-state index contributed by atoms with van der Waals surface area (Å²) in [6, 6.07) is 6.59. The molecule has 1 amide bonds. The molecular weight excluding hydrogens is 198 g/mol. The van der Waals surface area contributed by atoms with Crippen molar-refractivity contribution in [3.63, 3.8) is 0 Å². The molecule has 0 aliphatic rings. The van der Waals surface area contributed by atoms with Gasteiger partial charge in [-0.25, -0.2) is 4.79 Å². The van der Waals surface area contributed by atoms with Crippen molar-refractivity contribution in [2.75, 3.05) is 12.4 Å². The summed E-state index contributed by atoms with van der Waals surface area (Å²) >= 11 is 0. The molecule has 0 aliphatic carbocycles. The maximum atomic E-state index is 11.0. The highest BCUT2D eigenvalue weighted by molar-refractivity contribution is 5.83. The highest BCUT2D eigenvalue weighted by Crippen LogP contribution is 2.11. The Hall–Kier alpha value is -2.04. The van der Waals surface area contributed by atoms with E-state index in [9.17, 15) is 9.59 Å². The van der Waals surface area contributed by atoms with E-state index in [4.69, 9.17) is 5.11 Å². The number of benzene rings is 1. The maximum absolute atomic E-state index is 11.0. The fourth-order valence-corrected chi connectivity index (χ4v) is 1.12. The Kier molecular flexibility index (Phi) is 3.68. The Morgan fingerprint density at radius 3 is 2.80 bits per heavy atom. The molecule has 0 unspecified atom stereocenters. The zero-order valence-electron chi connectivity index (χ0n) is 8.19. The molecule has 0 radical (unpaired) electrons. The molecule has 0 fully saturated rings. The number of amides is 1. The lowest BCUT2D eigenvalue weighted by Crippen LogP contribution is -2.08. The molecule has 80 valence electrons. The fourth-order valence-electron chi connectivity index (χ4n) is 1.12. The second-order valence-corrected chi connectivity index (χ2v) is 2.88. The second kappa shape index (κ2) is 4.99. The third-order valence-corrected chi connectivity index (χ3v) is 1.75. The molecule has 0 spiro atoms. The summed E-state index contributed by atoms with van der Waals surface area (Å²) in [4.78, 5) is 21.3. The Morgan fingerprint density at radius 1 is 1.47 bits per heavy atom. The van der Waals surface area contributed by atoms with Crippen molar-refractivity contribution in [1.82, 2.24) is 0 Å². The Balaban J connectivity index is 2.74. The van der Waals surface area contributed by atoms with Crippen LogP contribution in [0, 0.1) is 0 Å². The lowest BCUT2D eigenvalue weighted by molar-refractivity contribution is -0.139. The van der Waals surface area contributed by atoms with Gasteiger partial charge in [-0.2, -0.15) is 0 Å². The van der Waals surface area contributed by atoms with Crippen LogP contribution in [0.2, 0.25) is 0 Å². The van der Waals surface area contributed by atoms with Crippen molar-refractivity contribution < 1.29 is 19.4 Å². The number of nitrogens with one attached hydrogen (secondary N) is 1. The van der Waals surface area contributed by atoms with E-state index in [1.807, 2.05) is 0 Å². The average molecular weight is 209 g/mol. The number of esters is 1. The molecular formula is C10H11NO4. The molecule has 0 heterocycles. The standard InChI is InChI=1S/C10H11NO4/c1-15-9(12)6-7-3-2-4-8(5-7)11-10(13)14/h2-5,11H,6H2,1H3,(H,13,14). The summed E-state index contributed by atoms with van der Waals surface area (Å²) in [6.45, 7) is 0. The average Bonchev–Trinajstić information content (AvgIpc) is 2.17. The first kappa shape index (κ1) is 11.0. The van der Waals surface area contributed by atoms with E-state index in [2.05, 4.69) is 10.1 Å². The number of rotatable bonds is 3. The third-order valence-electron chi connectivity index (χ3n) is 1.75. The zero-order chi connectivity index (χ0) is 11.3. The molecule has 5 nitrogen and oxygen atoms in total. The Morgan fingerprint density at radius 2 is 2.20 bits per heavy atom. The fraction of sp³-hybridized carbons (Fsp3) is 0.200. The number of methoxy groups -OCH3 is 1. The van der Waals surface area contributed by atoms with Crippen LogP contribution in [0.4, 0.5) is 10.5 Å². The lowest BCUT2D eigenvalue weighted by Gasteiger charge is -2.03. The molecule has 15 heavy (non-hydrogen) atoms. The van der Waals surface area contributed by atoms with Crippen LogP contribution in [0.15, 0.2) is 24.3 Å². The maximum Gasteiger partial charge on any atom is 0.409 e. The van der Waals surface area contributed by atoms with Crippen LogP contribution in [0.1, 0.15) is 5.56 Å². The van der Waals surface area contributed by atoms with Gasteiger partial charge in [0.15, 0.2) is 0 Å². The quantitative estimate of drug-likeness (QED) is 0.739. The molecule has 0 aromatic heterocycles. The minimum atomic E-state index is -1.13. The highest BCUT2D eigenvalue weighted by atomic mass is 16.5. The van der Waals surface area contributed by atoms with Gasteiger partial charge in [0.1, 0.15) is 0 Å². The summed E-state index contributed by atoms with van der Waals surface area (Å²) in [7, 11) is 1.31. The van der Waals surface area contributed by atoms with Gasteiger partial charge in [0.05, 0.1) is 13.5 Å². The van der Waals surface area contributed by atoms with E-state index >= 15 is 0 Å². The van der Waals surface area contributed by atoms with E-state index in [1.165, 1.54) is 7.11 Å². The molecule has 1 aromatic rings. The Bertz CT molecular complexity index is 375. The van der Waals surface area contributed by atoms with Crippen molar-refractivity contribution >= 4 is 17.7 Å². The first-order chi connectivity index (χ1) is 7.11. The third kappa shape index (κ3) is 3.68. The summed E-state index contributed by atoms with van der Waals surface area (Å²) < 4.78 is 4.50. The lowest BCUT2D eigenvalue weighted by atomic mass is 10.1. The number of ether oxygens (including phenoxy) is 1. The minimum absolute atomic E-state index is 0.131. The van der Waals surface area contributed by atoms with E-state index in [0.29, 0.717) is 11.3 Å². The van der Waals surface area contributed by atoms with Gasteiger partial charge in [-0.3, -0.25) is 10.1 Å². The Labute approximate surface area is 86.7 Å². The van der Waals surface area contributed by atoms with Crippen LogP contribution < -0.4 is 5.32 Å². The SMILES string of the molecule is COC(=O)Cc1cccc(NC(=O)O)c1. The normalized spacial score (nSPS) is 9.40. The molecule has 0 aliphatic heterocycles. The summed E-state index contributed by atoms with van der Waals surface area (Å²) in [5, 5.41) is 10.7. The number of hydrogen-bond acceptors (Lipinski definition) is 3. The summed E-state index contributed by atoms with van der Waals surface area (Å²) in [6.07, 6.45) is -1.00. The highest BCUT2D eigenvalue weighted by Gasteiger charge is 2.04. The molecule has 0 saturated heterocycles.